The van der Waals surface area contributed by atoms with Crippen molar-refractivity contribution in [3.63, 3.8) is 0 Å². The van der Waals surface area contributed by atoms with Crippen LogP contribution in [0.5, 0.6) is 5.88 Å². The number of pyridine rings is 1. The maximum absolute atomic E-state index is 12.9. The van der Waals surface area contributed by atoms with Gasteiger partial charge >= 0.3 is 6.18 Å². The molecule has 1 saturated carbocycles. The number of benzene rings is 1. The van der Waals surface area contributed by atoms with Gasteiger partial charge in [0.05, 0.1) is 37.0 Å². The molecule has 2 fully saturated rings. The van der Waals surface area contributed by atoms with Gasteiger partial charge in [-0.15, -0.1) is 0 Å². The van der Waals surface area contributed by atoms with Crippen LogP contribution in [0.15, 0.2) is 42.6 Å². The van der Waals surface area contributed by atoms with Crippen molar-refractivity contribution in [3.8, 4) is 5.88 Å². The number of methoxy groups -OCH3 is 1. The van der Waals surface area contributed by atoms with Crippen LogP contribution in [0, 0.1) is 0 Å². The van der Waals surface area contributed by atoms with Gasteiger partial charge in [0.25, 0.3) is 5.91 Å². The van der Waals surface area contributed by atoms with Crippen LogP contribution in [-0.4, -0.2) is 76.8 Å². The molecule has 2 heterocycles. The number of aromatic nitrogens is 1. The van der Waals surface area contributed by atoms with Gasteiger partial charge < -0.3 is 25.6 Å². The number of carbonyl (C=O) groups is 2. The molecule has 4 N–H and O–H groups in total. The third-order valence-electron chi connectivity index (χ3n) is 7.31. The molecule has 9 nitrogen and oxygen atoms in total. The molecule has 206 valence electrons. The number of hydrogen-bond acceptors (Lipinski definition) is 7. The van der Waals surface area contributed by atoms with E-state index >= 15 is 0 Å². The lowest BCUT2D eigenvalue weighted by Gasteiger charge is -2.39. The van der Waals surface area contributed by atoms with Crippen LogP contribution in [0.3, 0.4) is 0 Å². The Morgan fingerprint density at radius 2 is 1.92 bits per heavy atom. The first-order valence-corrected chi connectivity index (χ1v) is 12.4. The monoisotopic (exact) mass is 536 g/mol. The number of aliphatic hydroxyl groups is 2. The number of halogens is 3. The van der Waals surface area contributed by atoms with Gasteiger partial charge in [-0.25, -0.2) is 4.98 Å². The standard InChI is InChI=1S/C26H31F3N4O5/c1-38-23-6-5-18(12-30-23)25(37)9-7-19(8-10-25)33-14-20(21(34)15-33)32-22(35)13-31-24(36)16-3-2-4-17(11-16)26(27,28)29/h2-6,11-12,19-21,34,37H,7-10,13-15H2,1H3,(H,31,36)(H,32,35)/t19?,20-,21-,25?/m0/s1. The summed E-state index contributed by atoms with van der Waals surface area (Å²) < 4.78 is 43.7. The number of hydrogen-bond donors (Lipinski definition) is 4. The minimum Gasteiger partial charge on any atom is -0.481 e. The molecule has 0 spiro atoms. The SMILES string of the molecule is COc1ccc(C2(O)CCC(N3C[C@H](NC(=O)CNC(=O)c4cccc(C(F)(F)F)c4)[C@@H](O)C3)CC2)cn1. The molecule has 2 amide bonds. The molecule has 2 aromatic rings. The summed E-state index contributed by atoms with van der Waals surface area (Å²) in [5.41, 5.74) is -1.41. The van der Waals surface area contributed by atoms with Gasteiger partial charge in [-0.05, 0) is 49.9 Å². The second-order valence-electron chi connectivity index (χ2n) is 9.81. The van der Waals surface area contributed by atoms with Gasteiger partial charge in [-0.3, -0.25) is 14.5 Å². The number of alkyl halides is 3. The molecule has 0 bridgehead atoms. The van der Waals surface area contributed by atoms with E-state index in [4.69, 9.17) is 4.74 Å². The van der Waals surface area contributed by atoms with Crippen LogP contribution in [-0.2, 0) is 16.6 Å². The van der Waals surface area contributed by atoms with Gasteiger partial charge in [0.15, 0.2) is 0 Å². The number of aliphatic hydroxyl groups excluding tert-OH is 1. The molecule has 1 aromatic heterocycles. The fourth-order valence-electron chi connectivity index (χ4n) is 5.12. The lowest BCUT2D eigenvalue weighted by molar-refractivity contribution is -0.137. The van der Waals surface area contributed by atoms with Crippen LogP contribution in [0.2, 0.25) is 0 Å². The lowest BCUT2D eigenvalue weighted by Crippen LogP contribution is -2.47. The first-order chi connectivity index (χ1) is 18.0. The number of nitrogens with one attached hydrogen (secondary N) is 2. The number of rotatable bonds is 7. The number of nitrogens with zero attached hydrogens (tertiary/aromatic N) is 2. The highest BCUT2D eigenvalue weighted by atomic mass is 19.4. The minimum absolute atomic E-state index is 0.124. The van der Waals surface area contributed by atoms with Crippen molar-refractivity contribution in [3.05, 3.63) is 59.3 Å². The zero-order chi connectivity index (χ0) is 27.5. The van der Waals surface area contributed by atoms with Crippen molar-refractivity contribution in [2.45, 2.75) is 55.6 Å². The first kappa shape index (κ1) is 27.8. The van der Waals surface area contributed by atoms with Gasteiger partial charge in [-0.2, -0.15) is 13.2 Å². The predicted molar refractivity (Wildman–Crippen MR) is 130 cm³/mol. The fraction of sp³-hybridized carbons (Fsp3) is 0.500. The Hall–Kier alpha value is -3.22. The molecular formula is C26H31F3N4O5. The first-order valence-electron chi connectivity index (χ1n) is 12.4. The molecule has 4 rings (SSSR count). The topological polar surface area (TPSA) is 124 Å². The number of carbonyl (C=O) groups excluding carboxylic acids is 2. The summed E-state index contributed by atoms with van der Waals surface area (Å²) in [5.74, 6) is -0.886. The number of likely N-dealkylation sites (tertiary alicyclic amines) is 1. The van der Waals surface area contributed by atoms with Crippen LogP contribution >= 0.6 is 0 Å². The largest absolute Gasteiger partial charge is 0.481 e. The van der Waals surface area contributed by atoms with E-state index in [-0.39, 0.29) is 11.6 Å². The normalized spacial score (nSPS) is 26.1. The van der Waals surface area contributed by atoms with Gasteiger partial charge in [-0.1, -0.05) is 6.07 Å². The third kappa shape index (κ3) is 6.43. The van der Waals surface area contributed by atoms with Crippen molar-refractivity contribution in [2.24, 2.45) is 0 Å². The average molecular weight is 537 g/mol. The van der Waals surface area contributed by atoms with Crippen LogP contribution in [0.1, 0.15) is 47.2 Å². The number of β-amino-alcohol motifs (C(OH)–C–C–N with tert-alkyl or cyclic N) is 1. The zero-order valence-corrected chi connectivity index (χ0v) is 20.9. The summed E-state index contributed by atoms with van der Waals surface area (Å²) in [4.78, 5) is 30.9. The smallest absolute Gasteiger partial charge is 0.416 e. The van der Waals surface area contributed by atoms with Gasteiger partial charge in [0, 0.05) is 42.5 Å². The van der Waals surface area contributed by atoms with E-state index in [0.29, 0.717) is 44.7 Å². The highest BCUT2D eigenvalue weighted by molar-refractivity contribution is 5.96. The highest BCUT2D eigenvalue weighted by Gasteiger charge is 2.41. The highest BCUT2D eigenvalue weighted by Crippen LogP contribution is 2.39. The predicted octanol–water partition coefficient (Wildman–Crippen LogP) is 1.83. The molecule has 2 aliphatic rings. The van der Waals surface area contributed by atoms with Crippen molar-refractivity contribution in [2.75, 3.05) is 26.7 Å². The second-order valence-corrected chi connectivity index (χ2v) is 9.81. The van der Waals surface area contributed by atoms with E-state index in [0.717, 1.165) is 23.8 Å². The van der Waals surface area contributed by atoms with Crippen LogP contribution in [0.25, 0.3) is 0 Å². The second kappa shape index (κ2) is 11.3. The van der Waals surface area contributed by atoms with Crippen molar-refractivity contribution < 1.29 is 37.7 Å². The van der Waals surface area contributed by atoms with E-state index in [1.54, 1.807) is 12.3 Å². The molecular weight excluding hydrogens is 505 g/mol. The van der Waals surface area contributed by atoms with E-state index in [2.05, 4.69) is 20.5 Å². The maximum atomic E-state index is 12.9. The third-order valence-corrected chi connectivity index (χ3v) is 7.31. The summed E-state index contributed by atoms with van der Waals surface area (Å²) >= 11 is 0. The number of amides is 2. The summed E-state index contributed by atoms with van der Waals surface area (Å²) in [6.45, 7) is 0.320. The van der Waals surface area contributed by atoms with Gasteiger partial charge in [0.2, 0.25) is 11.8 Å². The summed E-state index contributed by atoms with van der Waals surface area (Å²) in [6.07, 6.45) is -1.33. The van der Waals surface area contributed by atoms with E-state index in [9.17, 15) is 33.0 Å². The minimum atomic E-state index is -4.58. The van der Waals surface area contributed by atoms with Crippen LogP contribution in [0.4, 0.5) is 13.2 Å². The Kier molecular flexibility index (Phi) is 8.24. The maximum Gasteiger partial charge on any atom is 0.416 e. The Bertz CT molecular complexity index is 1140. The molecule has 1 aliphatic carbocycles. The molecule has 0 unspecified atom stereocenters. The Morgan fingerprint density at radius 1 is 1.18 bits per heavy atom. The van der Waals surface area contributed by atoms with E-state index in [1.165, 1.54) is 13.2 Å². The summed E-state index contributed by atoms with van der Waals surface area (Å²) in [7, 11) is 1.53. The molecule has 0 radical (unpaired) electrons. The van der Waals surface area contributed by atoms with E-state index in [1.807, 2.05) is 6.07 Å². The molecule has 12 heteroatoms. The van der Waals surface area contributed by atoms with Crippen molar-refractivity contribution in [1.82, 2.24) is 20.5 Å². The molecule has 1 aliphatic heterocycles. The van der Waals surface area contributed by atoms with Crippen molar-refractivity contribution >= 4 is 11.8 Å². The molecule has 38 heavy (non-hydrogen) atoms. The summed E-state index contributed by atoms with van der Waals surface area (Å²) in [6, 6.07) is 7.04. The van der Waals surface area contributed by atoms with E-state index < -0.39 is 47.8 Å². The molecule has 1 aromatic carbocycles. The molecule has 2 atom stereocenters. The fourth-order valence-corrected chi connectivity index (χ4v) is 5.12. The Morgan fingerprint density at radius 3 is 2.55 bits per heavy atom. The quantitative estimate of drug-likeness (QED) is 0.426. The molecule has 1 saturated heterocycles. The lowest BCUT2D eigenvalue weighted by atomic mass is 9.78. The van der Waals surface area contributed by atoms with Crippen molar-refractivity contribution in [1.29, 1.82) is 0 Å². The summed E-state index contributed by atoms with van der Waals surface area (Å²) in [5, 5.41) is 26.7. The zero-order valence-electron chi connectivity index (χ0n) is 20.9. The number of ether oxygens (including phenoxy) is 1. The van der Waals surface area contributed by atoms with Crippen LogP contribution < -0.4 is 15.4 Å². The Labute approximate surface area is 218 Å². The Balaban J connectivity index is 1.25. The average Bonchev–Trinajstić information content (AvgIpc) is 3.27. The van der Waals surface area contributed by atoms with Gasteiger partial charge in [0.1, 0.15) is 0 Å².